The quantitative estimate of drug-likeness (QED) is 0.921. The van der Waals surface area contributed by atoms with Crippen molar-refractivity contribution in [2.75, 3.05) is 11.4 Å². The Morgan fingerprint density at radius 2 is 1.86 bits per heavy atom. The van der Waals surface area contributed by atoms with Crippen molar-refractivity contribution in [3.05, 3.63) is 64.1 Å². The third kappa shape index (κ3) is 3.85. The first-order chi connectivity index (χ1) is 10.5. The minimum absolute atomic E-state index is 0.149. The molecule has 116 valence electrons. The van der Waals surface area contributed by atoms with E-state index in [1.165, 1.54) is 17.8 Å². The summed E-state index contributed by atoms with van der Waals surface area (Å²) in [6.07, 6.45) is 2.47. The van der Waals surface area contributed by atoms with Crippen molar-refractivity contribution >= 4 is 11.6 Å². The average molecular weight is 298 g/mol. The number of anilines is 1. The van der Waals surface area contributed by atoms with Gasteiger partial charge in [-0.2, -0.15) is 0 Å². The van der Waals surface area contributed by atoms with Gasteiger partial charge in [-0.05, 0) is 36.1 Å². The van der Waals surface area contributed by atoms with Crippen molar-refractivity contribution < 1.29 is 4.79 Å². The third-order valence-electron chi connectivity index (χ3n) is 3.47. The second-order valence-electron chi connectivity index (χ2n) is 5.77. The Labute approximate surface area is 130 Å². The summed E-state index contributed by atoms with van der Waals surface area (Å²) in [4.78, 5) is 28.5. The van der Waals surface area contributed by atoms with Gasteiger partial charge in [-0.15, -0.1) is 0 Å². The number of carbonyl (C=O) groups is 1. The van der Waals surface area contributed by atoms with Crippen molar-refractivity contribution in [2.45, 2.75) is 27.2 Å². The van der Waals surface area contributed by atoms with Gasteiger partial charge in [0.25, 0.3) is 5.91 Å². The fourth-order valence-electron chi connectivity index (χ4n) is 2.32. The van der Waals surface area contributed by atoms with Crippen LogP contribution < -0.4 is 10.5 Å². The van der Waals surface area contributed by atoms with E-state index in [0.717, 1.165) is 12.1 Å². The van der Waals surface area contributed by atoms with Crippen LogP contribution in [0.5, 0.6) is 0 Å². The smallest absolute Gasteiger partial charge is 0.258 e. The molecule has 0 fully saturated rings. The van der Waals surface area contributed by atoms with Crippen LogP contribution in [0.4, 0.5) is 5.69 Å². The summed E-state index contributed by atoms with van der Waals surface area (Å²) in [6.45, 7) is 6.84. The summed E-state index contributed by atoms with van der Waals surface area (Å²) in [5.74, 6) is 0.181. The highest BCUT2D eigenvalue weighted by Crippen LogP contribution is 2.19. The number of hydrogen-bond donors (Lipinski definition) is 1. The van der Waals surface area contributed by atoms with Crippen LogP contribution in [0.25, 0.3) is 0 Å². The molecule has 0 unspecified atom stereocenters. The zero-order chi connectivity index (χ0) is 16.1. The summed E-state index contributed by atoms with van der Waals surface area (Å²) in [5.41, 5.74) is 2.23. The lowest BCUT2D eigenvalue weighted by atomic mass is 10.1. The number of aromatic nitrogens is 1. The highest BCUT2D eigenvalue weighted by molar-refractivity contribution is 6.06. The number of H-pyrrole nitrogens is 1. The van der Waals surface area contributed by atoms with Crippen molar-refractivity contribution in [2.24, 2.45) is 5.92 Å². The zero-order valence-corrected chi connectivity index (χ0v) is 13.3. The first kappa shape index (κ1) is 16.0. The first-order valence-corrected chi connectivity index (χ1v) is 7.60. The molecule has 0 saturated carbocycles. The summed E-state index contributed by atoms with van der Waals surface area (Å²) in [7, 11) is 0. The van der Waals surface area contributed by atoms with E-state index in [4.69, 9.17) is 0 Å². The van der Waals surface area contributed by atoms with Crippen LogP contribution >= 0.6 is 0 Å². The molecule has 1 aromatic carbocycles. The maximum absolute atomic E-state index is 12.8. The zero-order valence-electron chi connectivity index (χ0n) is 13.3. The molecule has 0 saturated heterocycles. The topological polar surface area (TPSA) is 53.2 Å². The Morgan fingerprint density at radius 3 is 2.41 bits per heavy atom. The molecular formula is C18H22N2O2. The maximum atomic E-state index is 12.8. The molecule has 0 bridgehead atoms. The molecule has 1 heterocycles. The number of aromatic amines is 1. The number of hydrogen-bond acceptors (Lipinski definition) is 2. The van der Waals surface area contributed by atoms with Crippen LogP contribution in [0.1, 0.15) is 36.7 Å². The van der Waals surface area contributed by atoms with Crippen molar-refractivity contribution in [1.29, 1.82) is 0 Å². The molecule has 4 nitrogen and oxygen atoms in total. The fourth-order valence-corrected chi connectivity index (χ4v) is 2.32. The number of pyridine rings is 1. The molecule has 22 heavy (non-hydrogen) atoms. The van der Waals surface area contributed by atoms with Gasteiger partial charge in [0.15, 0.2) is 0 Å². The minimum atomic E-state index is -0.267. The Hall–Kier alpha value is -2.36. The van der Waals surface area contributed by atoms with Crippen LogP contribution in [-0.4, -0.2) is 17.4 Å². The van der Waals surface area contributed by atoms with Gasteiger partial charge in [-0.25, -0.2) is 0 Å². The fraction of sp³-hybridized carbons (Fsp3) is 0.333. The van der Waals surface area contributed by atoms with Crippen LogP contribution in [-0.2, 0) is 6.42 Å². The van der Waals surface area contributed by atoms with E-state index < -0.39 is 0 Å². The monoisotopic (exact) mass is 298 g/mol. The predicted molar refractivity (Wildman–Crippen MR) is 89.4 cm³/mol. The average Bonchev–Trinajstić information content (AvgIpc) is 2.52. The molecule has 0 aliphatic heterocycles. The van der Waals surface area contributed by atoms with Crippen molar-refractivity contribution in [3.8, 4) is 0 Å². The molecule has 0 atom stereocenters. The number of nitrogens with zero attached hydrogens (tertiary/aromatic N) is 1. The molecule has 0 radical (unpaired) electrons. The molecule has 1 amide bonds. The van der Waals surface area contributed by atoms with E-state index in [1.54, 1.807) is 11.0 Å². The van der Waals surface area contributed by atoms with Gasteiger partial charge in [-0.3, -0.25) is 9.59 Å². The van der Waals surface area contributed by atoms with E-state index in [9.17, 15) is 9.59 Å². The molecular weight excluding hydrogens is 276 g/mol. The molecule has 2 aromatic rings. The van der Waals surface area contributed by atoms with Gasteiger partial charge < -0.3 is 9.88 Å². The minimum Gasteiger partial charge on any atom is -0.329 e. The van der Waals surface area contributed by atoms with Crippen LogP contribution in [0, 0.1) is 5.92 Å². The lowest BCUT2D eigenvalue weighted by Gasteiger charge is -2.25. The van der Waals surface area contributed by atoms with Gasteiger partial charge in [-0.1, -0.05) is 32.9 Å². The van der Waals surface area contributed by atoms with Gasteiger partial charge in [0.2, 0.25) is 5.56 Å². The van der Waals surface area contributed by atoms with Gasteiger partial charge in [0.05, 0.1) is 0 Å². The molecule has 0 aliphatic rings. The Balaban J connectivity index is 2.36. The second kappa shape index (κ2) is 7.07. The number of rotatable bonds is 5. The number of carbonyl (C=O) groups excluding carboxylic acids is 1. The van der Waals surface area contributed by atoms with E-state index in [2.05, 4.69) is 25.8 Å². The second-order valence-corrected chi connectivity index (χ2v) is 5.77. The number of aryl methyl sites for hydroxylation is 1. The van der Waals surface area contributed by atoms with Crippen molar-refractivity contribution in [3.63, 3.8) is 0 Å². The summed E-state index contributed by atoms with van der Waals surface area (Å²) in [6, 6.07) is 11.0. The summed E-state index contributed by atoms with van der Waals surface area (Å²) >= 11 is 0. The van der Waals surface area contributed by atoms with Gasteiger partial charge in [0.1, 0.15) is 0 Å². The largest absolute Gasteiger partial charge is 0.329 e. The van der Waals surface area contributed by atoms with E-state index in [0.29, 0.717) is 18.0 Å². The lowest BCUT2D eigenvalue weighted by molar-refractivity contribution is 0.0983. The molecule has 1 aromatic heterocycles. The first-order valence-electron chi connectivity index (χ1n) is 7.60. The van der Waals surface area contributed by atoms with Gasteiger partial charge in [0, 0.05) is 30.1 Å². The molecule has 2 rings (SSSR count). The highest BCUT2D eigenvalue weighted by atomic mass is 16.2. The number of amides is 1. The standard InChI is InChI=1S/C18H22N2O2/c1-4-14-5-7-16(8-6-14)20(12-13(2)3)18(22)15-9-10-19-17(21)11-15/h5-11,13H,4,12H2,1-3H3,(H,19,21). The predicted octanol–water partition coefficient (Wildman–Crippen LogP) is 3.24. The maximum Gasteiger partial charge on any atom is 0.258 e. The summed E-state index contributed by atoms with van der Waals surface area (Å²) < 4.78 is 0. The summed E-state index contributed by atoms with van der Waals surface area (Å²) in [5, 5.41) is 0. The SMILES string of the molecule is CCc1ccc(N(CC(C)C)C(=O)c2cc[nH]c(=O)c2)cc1. The van der Waals surface area contributed by atoms with Crippen LogP contribution in [0.2, 0.25) is 0 Å². The Morgan fingerprint density at radius 1 is 1.18 bits per heavy atom. The molecule has 0 spiro atoms. The number of benzene rings is 1. The normalized spacial score (nSPS) is 10.7. The molecule has 1 N–H and O–H groups in total. The van der Waals surface area contributed by atoms with Crippen LogP contribution in [0.3, 0.4) is 0 Å². The lowest BCUT2D eigenvalue weighted by Crippen LogP contribution is -2.34. The Kier molecular flexibility index (Phi) is 5.15. The Bertz CT molecular complexity index is 687. The van der Waals surface area contributed by atoms with E-state index >= 15 is 0 Å². The van der Waals surface area contributed by atoms with Gasteiger partial charge >= 0.3 is 0 Å². The van der Waals surface area contributed by atoms with E-state index in [-0.39, 0.29) is 11.5 Å². The van der Waals surface area contributed by atoms with E-state index in [1.807, 2.05) is 24.3 Å². The van der Waals surface area contributed by atoms with Crippen LogP contribution in [0.15, 0.2) is 47.4 Å². The third-order valence-corrected chi connectivity index (χ3v) is 3.47. The molecule has 4 heteroatoms. The highest BCUT2D eigenvalue weighted by Gasteiger charge is 2.19. The molecule has 0 aliphatic carbocycles. The van der Waals surface area contributed by atoms with Crippen molar-refractivity contribution in [1.82, 2.24) is 4.98 Å². The number of nitrogens with one attached hydrogen (secondary N) is 1.